The molecule has 0 radical (unpaired) electrons. The Labute approximate surface area is 109 Å². The molecule has 0 saturated carbocycles. The normalized spacial score (nSPS) is 20.8. The van der Waals surface area contributed by atoms with E-state index >= 15 is 0 Å². The third-order valence-corrected chi connectivity index (χ3v) is 4.70. The second-order valence-corrected chi connectivity index (χ2v) is 7.57. The topological polar surface area (TPSA) is 74.7 Å². The van der Waals surface area contributed by atoms with Gasteiger partial charge >= 0.3 is 5.97 Å². The highest BCUT2D eigenvalue weighted by molar-refractivity contribution is 7.90. The van der Waals surface area contributed by atoms with Crippen LogP contribution >= 0.6 is 0 Å². The Kier molecular flexibility index (Phi) is 5.16. The molecular weight excluding hydrogens is 254 g/mol. The summed E-state index contributed by atoms with van der Waals surface area (Å²) in [6.07, 6.45) is 4.06. The van der Waals surface area contributed by atoms with Crippen molar-refractivity contribution in [3.63, 3.8) is 0 Å². The number of sulfone groups is 1. The van der Waals surface area contributed by atoms with E-state index in [1.165, 1.54) is 6.26 Å². The molecule has 0 aromatic rings. The first kappa shape index (κ1) is 15.4. The molecule has 1 aliphatic rings. The van der Waals surface area contributed by atoms with Crippen molar-refractivity contribution in [2.75, 3.05) is 31.6 Å². The Hall–Kier alpha value is -0.620. The second kappa shape index (κ2) is 6.02. The first-order chi connectivity index (χ1) is 8.29. The zero-order chi connectivity index (χ0) is 13.8. The third kappa shape index (κ3) is 4.24. The van der Waals surface area contributed by atoms with Crippen molar-refractivity contribution in [2.45, 2.75) is 32.6 Å². The number of aliphatic carboxylic acids is 1. The zero-order valence-corrected chi connectivity index (χ0v) is 12.0. The van der Waals surface area contributed by atoms with Crippen LogP contribution in [-0.4, -0.2) is 56.0 Å². The van der Waals surface area contributed by atoms with Crippen LogP contribution in [0.5, 0.6) is 0 Å². The number of hydrogen-bond acceptors (Lipinski definition) is 4. The highest BCUT2D eigenvalue weighted by Crippen LogP contribution is 2.36. The Bertz CT molecular complexity index is 383. The molecule has 0 aliphatic carbocycles. The molecule has 1 saturated heterocycles. The van der Waals surface area contributed by atoms with Crippen molar-refractivity contribution in [3.05, 3.63) is 0 Å². The van der Waals surface area contributed by atoms with E-state index in [1.807, 2.05) is 6.92 Å². The van der Waals surface area contributed by atoms with Crippen molar-refractivity contribution in [1.29, 1.82) is 0 Å². The van der Waals surface area contributed by atoms with Gasteiger partial charge in [-0.1, -0.05) is 13.3 Å². The first-order valence-electron chi connectivity index (χ1n) is 6.42. The van der Waals surface area contributed by atoms with Crippen LogP contribution in [0.15, 0.2) is 0 Å². The predicted molar refractivity (Wildman–Crippen MR) is 70.4 cm³/mol. The Balaban J connectivity index is 2.51. The zero-order valence-electron chi connectivity index (χ0n) is 11.2. The SMILES string of the molecule is CCCC1(C(=O)O)CCN(CCS(C)(=O)=O)CC1. The molecular formula is C12H23NO4S. The molecule has 106 valence electrons. The van der Waals surface area contributed by atoms with Crippen LogP contribution in [-0.2, 0) is 14.6 Å². The van der Waals surface area contributed by atoms with Gasteiger partial charge in [-0.2, -0.15) is 0 Å². The van der Waals surface area contributed by atoms with E-state index in [2.05, 4.69) is 4.90 Å². The molecule has 0 spiro atoms. The van der Waals surface area contributed by atoms with Gasteiger partial charge in [-0.25, -0.2) is 8.42 Å². The minimum Gasteiger partial charge on any atom is -0.481 e. The van der Waals surface area contributed by atoms with Crippen LogP contribution in [0.4, 0.5) is 0 Å². The lowest BCUT2D eigenvalue weighted by Crippen LogP contribution is -2.45. The smallest absolute Gasteiger partial charge is 0.309 e. The maximum atomic E-state index is 11.4. The number of rotatable bonds is 6. The molecule has 0 unspecified atom stereocenters. The molecule has 5 nitrogen and oxygen atoms in total. The Morgan fingerprint density at radius 1 is 1.33 bits per heavy atom. The number of likely N-dealkylation sites (tertiary alicyclic amines) is 1. The minimum atomic E-state index is -2.94. The maximum Gasteiger partial charge on any atom is 0.309 e. The predicted octanol–water partition coefficient (Wildman–Crippen LogP) is 0.998. The molecule has 0 aromatic heterocycles. The molecule has 6 heteroatoms. The van der Waals surface area contributed by atoms with Crippen LogP contribution in [0.3, 0.4) is 0 Å². The molecule has 1 heterocycles. The molecule has 1 fully saturated rings. The fourth-order valence-electron chi connectivity index (χ4n) is 2.55. The second-order valence-electron chi connectivity index (χ2n) is 5.31. The standard InChI is InChI=1S/C12H23NO4S/c1-3-4-12(11(14)15)5-7-13(8-6-12)9-10-18(2,16)17/h3-10H2,1-2H3,(H,14,15). The average molecular weight is 277 g/mol. The van der Waals surface area contributed by atoms with Crippen LogP contribution in [0, 0.1) is 5.41 Å². The van der Waals surface area contributed by atoms with E-state index in [0.717, 1.165) is 6.42 Å². The maximum absolute atomic E-state index is 11.4. The summed E-state index contributed by atoms with van der Waals surface area (Å²) in [7, 11) is -2.94. The van der Waals surface area contributed by atoms with Crippen LogP contribution < -0.4 is 0 Å². The Morgan fingerprint density at radius 2 is 1.89 bits per heavy atom. The Morgan fingerprint density at radius 3 is 2.28 bits per heavy atom. The lowest BCUT2D eigenvalue weighted by Gasteiger charge is -2.38. The van der Waals surface area contributed by atoms with Crippen molar-refractivity contribution in [2.24, 2.45) is 5.41 Å². The number of carboxylic acids is 1. The number of carbonyl (C=O) groups is 1. The fraction of sp³-hybridized carbons (Fsp3) is 0.917. The quantitative estimate of drug-likeness (QED) is 0.784. The van der Waals surface area contributed by atoms with E-state index in [9.17, 15) is 18.3 Å². The molecule has 0 amide bonds. The largest absolute Gasteiger partial charge is 0.481 e. The summed E-state index contributed by atoms with van der Waals surface area (Å²) in [4.78, 5) is 13.4. The van der Waals surface area contributed by atoms with Crippen molar-refractivity contribution in [1.82, 2.24) is 4.90 Å². The number of nitrogens with zero attached hydrogens (tertiary/aromatic N) is 1. The van der Waals surface area contributed by atoms with E-state index < -0.39 is 21.2 Å². The van der Waals surface area contributed by atoms with Gasteiger partial charge in [0, 0.05) is 12.8 Å². The van der Waals surface area contributed by atoms with Gasteiger partial charge in [-0.15, -0.1) is 0 Å². The van der Waals surface area contributed by atoms with Gasteiger partial charge in [-0.05, 0) is 32.4 Å². The van der Waals surface area contributed by atoms with Gasteiger partial charge in [0.25, 0.3) is 0 Å². The molecule has 1 N–H and O–H groups in total. The third-order valence-electron chi connectivity index (χ3n) is 3.77. The highest BCUT2D eigenvalue weighted by atomic mass is 32.2. The molecule has 0 aromatic carbocycles. The van der Waals surface area contributed by atoms with Gasteiger partial charge in [-0.3, -0.25) is 4.79 Å². The van der Waals surface area contributed by atoms with Crippen molar-refractivity contribution in [3.8, 4) is 0 Å². The van der Waals surface area contributed by atoms with Crippen LogP contribution in [0.25, 0.3) is 0 Å². The summed E-state index contributed by atoms with van der Waals surface area (Å²) in [5, 5.41) is 9.35. The van der Waals surface area contributed by atoms with Gasteiger partial charge in [0.05, 0.1) is 11.2 Å². The van der Waals surface area contributed by atoms with Gasteiger partial charge in [0.1, 0.15) is 9.84 Å². The molecule has 0 atom stereocenters. The van der Waals surface area contributed by atoms with Gasteiger partial charge in [0.15, 0.2) is 0 Å². The summed E-state index contributed by atoms with van der Waals surface area (Å²) in [6.45, 7) is 3.88. The monoisotopic (exact) mass is 277 g/mol. The lowest BCUT2D eigenvalue weighted by atomic mass is 9.75. The fourth-order valence-corrected chi connectivity index (χ4v) is 3.14. The number of piperidine rings is 1. The van der Waals surface area contributed by atoms with E-state index in [1.54, 1.807) is 0 Å². The molecule has 1 rings (SSSR count). The summed E-state index contributed by atoms with van der Waals surface area (Å²) in [6, 6.07) is 0. The lowest BCUT2D eigenvalue weighted by molar-refractivity contribution is -0.152. The molecule has 0 bridgehead atoms. The molecule has 18 heavy (non-hydrogen) atoms. The van der Waals surface area contributed by atoms with Crippen molar-refractivity contribution >= 4 is 15.8 Å². The number of carboxylic acid groups (broad SMARTS) is 1. The van der Waals surface area contributed by atoms with Gasteiger partial charge in [0.2, 0.25) is 0 Å². The van der Waals surface area contributed by atoms with E-state index in [0.29, 0.717) is 38.9 Å². The van der Waals surface area contributed by atoms with E-state index in [-0.39, 0.29) is 5.75 Å². The summed E-state index contributed by atoms with van der Waals surface area (Å²) < 4.78 is 22.2. The first-order valence-corrected chi connectivity index (χ1v) is 8.48. The van der Waals surface area contributed by atoms with Crippen molar-refractivity contribution < 1.29 is 18.3 Å². The average Bonchev–Trinajstić information content (AvgIpc) is 2.27. The van der Waals surface area contributed by atoms with Crippen LogP contribution in [0.1, 0.15) is 32.6 Å². The van der Waals surface area contributed by atoms with Crippen LogP contribution in [0.2, 0.25) is 0 Å². The molecule has 1 aliphatic heterocycles. The van der Waals surface area contributed by atoms with E-state index in [4.69, 9.17) is 0 Å². The minimum absolute atomic E-state index is 0.154. The summed E-state index contributed by atoms with van der Waals surface area (Å²) >= 11 is 0. The summed E-state index contributed by atoms with van der Waals surface area (Å²) in [5.41, 5.74) is -0.587. The number of hydrogen-bond donors (Lipinski definition) is 1. The highest BCUT2D eigenvalue weighted by Gasteiger charge is 2.40. The van der Waals surface area contributed by atoms with Gasteiger partial charge < -0.3 is 10.0 Å². The summed E-state index contributed by atoms with van der Waals surface area (Å²) in [5.74, 6) is -0.548.